The fourth-order valence-electron chi connectivity index (χ4n) is 2.07. The van der Waals surface area contributed by atoms with E-state index >= 15 is 0 Å². The van der Waals surface area contributed by atoms with Crippen LogP contribution in [0.5, 0.6) is 0 Å². The van der Waals surface area contributed by atoms with Crippen LogP contribution in [0.3, 0.4) is 0 Å². The third kappa shape index (κ3) is 2.44. The fourth-order valence-corrected chi connectivity index (χ4v) is 2.07. The normalized spacial score (nSPS) is 21.7. The number of nitrogens with zero attached hydrogens (tertiary/aromatic N) is 2. The van der Waals surface area contributed by atoms with Crippen molar-refractivity contribution in [1.29, 1.82) is 0 Å². The molecule has 1 aliphatic heterocycles. The Morgan fingerprint density at radius 2 is 2.50 bits per heavy atom. The number of aliphatic hydroxyl groups excluding tert-OH is 1. The van der Waals surface area contributed by atoms with Crippen LogP contribution in [0.25, 0.3) is 0 Å². The van der Waals surface area contributed by atoms with Gasteiger partial charge in [0.05, 0.1) is 19.3 Å². The van der Waals surface area contributed by atoms with Crippen molar-refractivity contribution in [2.45, 2.75) is 19.1 Å². The molecule has 1 amide bonds. The zero-order chi connectivity index (χ0) is 13.1. The summed E-state index contributed by atoms with van der Waals surface area (Å²) in [4.78, 5) is 17.5. The highest BCUT2D eigenvalue weighted by Gasteiger charge is 2.30. The van der Waals surface area contributed by atoms with Crippen LogP contribution in [0.4, 0.5) is 5.82 Å². The van der Waals surface area contributed by atoms with Gasteiger partial charge in [-0.15, -0.1) is 0 Å². The highest BCUT2D eigenvalue weighted by Crippen LogP contribution is 2.26. The van der Waals surface area contributed by atoms with E-state index in [0.29, 0.717) is 24.5 Å². The molecule has 2 rings (SSSR count). The predicted molar refractivity (Wildman–Crippen MR) is 66.0 cm³/mol. The minimum Gasteiger partial charge on any atom is -0.389 e. The molecule has 18 heavy (non-hydrogen) atoms. The molecule has 2 atom stereocenters. The maximum Gasteiger partial charge on any atom is 0.242 e. The molecule has 1 saturated heterocycles. The van der Waals surface area contributed by atoms with Gasteiger partial charge in [0.15, 0.2) is 0 Å². The number of anilines is 1. The minimum absolute atomic E-state index is 0.255. The van der Waals surface area contributed by atoms with Crippen molar-refractivity contribution in [2.75, 3.05) is 24.7 Å². The summed E-state index contributed by atoms with van der Waals surface area (Å²) in [5, 5.41) is 9.75. The van der Waals surface area contributed by atoms with E-state index in [9.17, 15) is 9.90 Å². The molecule has 2 heterocycles. The number of nitrogens with two attached hydrogens (primary N) is 1. The molecule has 6 nitrogen and oxygen atoms in total. The van der Waals surface area contributed by atoms with E-state index < -0.39 is 18.1 Å². The number of pyridine rings is 1. The molecular formula is C12H17N3O3. The van der Waals surface area contributed by atoms with Gasteiger partial charge in [-0.2, -0.15) is 0 Å². The molecule has 0 bridgehead atoms. The summed E-state index contributed by atoms with van der Waals surface area (Å²) < 4.78 is 5.26. The van der Waals surface area contributed by atoms with E-state index in [1.165, 1.54) is 0 Å². The van der Waals surface area contributed by atoms with Gasteiger partial charge < -0.3 is 20.5 Å². The molecule has 3 N–H and O–H groups in total. The van der Waals surface area contributed by atoms with E-state index in [1.54, 1.807) is 30.2 Å². The number of rotatable bonds is 3. The number of carbonyl (C=O) groups excluding carboxylic acids is 1. The van der Waals surface area contributed by atoms with Crippen LogP contribution < -0.4 is 10.6 Å². The van der Waals surface area contributed by atoms with E-state index in [0.717, 1.165) is 0 Å². The monoisotopic (exact) mass is 251 g/mol. The molecule has 1 fully saturated rings. The lowest BCUT2D eigenvalue weighted by Crippen LogP contribution is -2.53. The molecule has 0 aromatic carbocycles. The van der Waals surface area contributed by atoms with Crippen molar-refractivity contribution in [2.24, 2.45) is 5.73 Å². The lowest BCUT2D eigenvalue weighted by molar-refractivity contribution is -0.121. The summed E-state index contributed by atoms with van der Waals surface area (Å²) in [6.45, 7) is 2.97. The summed E-state index contributed by atoms with van der Waals surface area (Å²) in [6.07, 6.45) is 0.986. The second kappa shape index (κ2) is 5.32. The van der Waals surface area contributed by atoms with Gasteiger partial charge in [0.2, 0.25) is 5.91 Å². The largest absolute Gasteiger partial charge is 0.389 e. The van der Waals surface area contributed by atoms with Crippen LogP contribution in [0.2, 0.25) is 0 Å². The number of ether oxygens (including phenoxy) is 1. The van der Waals surface area contributed by atoms with Crippen molar-refractivity contribution < 1.29 is 14.6 Å². The Kier molecular flexibility index (Phi) is 3.78. The van der Waals surface area contributed by atoms with Gasteiger partial charge in [-0.1, -0.05) is 6.07 Å². The topological polar surface area (TPSA) is 88.7 Å². The molecule has 0 spiro atoms. The summed E-state index contributed by atoms with van der Waals surface area (Å²) in [6, 6.07) is 3.01. The van der Waals surface area contributed by atoms with Gasteiger partial charge >= 0.3 is 0 Å². The SMILES string of the molecule is C[C@@H](O)c1cccnc1N1CCOCC1C(N)=O. The number of morpholine rings is 1. The molecule has 1 aromatic rings. The molecule has 1 aliphatic rings. The number of amides is 1. The average Bonchev–Trinajstić information content (AvgIpc) is 2.38. The minimum atomic E-state index is -0.648. The lowest BCUT2D eigenvalue weighted by atomic mass is 10.1. The Bertz CT molecular complexity index is 436. The van der Waals surface area contributed by atoms with Crippen molar-refractivity contribution >= 4 is 11.7 Å². The first-order chi connectivity index (χ1) is 8.61. The van der Waals surface area contributed by atoms with Crippen LogP contribution in [0, 0.1) is 0 Å². The maximum absolute atomic E-state index is 11.4. The molecule has 0 saturated carbocycles. The van der Waals surface area contributed by atoms with Crippen LogP contribution in [-0.4, -0.2) is 41.8 Å². The highest BCUT2D eigenvalue weighted by atomic mass is 16.5. The quantitative estimate of drug-likeness (QED) is 0.778. The summed E-state index contributed by atoms with van der Waals surface area (Å²) in [5.41, 5.74) is 6.06. The summed E-state index contributed by atoms with van der Waals surface area (Å²) in [5.74, 6) is 0.150. The number of aromatic nitrogens is 1. The smallest absolute Gasteiger partial charge is 0.242 e. The highest BCUT2D eigenvalue weighted by molar-refractivity contribution is 5.84. The molecule has 1 aromatic heterocycles. The van der Waals surface area contributed by atoms with E-state index in [4.69, 9.17) is 10.5 Å². The predicted octanol–water partition coefficient (Wildman–Crippen LogP) is -0.175. The Hall–Kier alpha value is -1.66. The Morgan fingerprint density at radius 1 is 1.72 bits per heavy atom. The number of hydrogen-bond donors (Lipinski definition) is 2. The average molecular weight is 251 g/mol. The van der Waals surface area contributed by atoms with Gasteiger partial charge in [-0.25, -0.2) is 4.98 Å². The lowest BCUT2D eigenvalue weighted by Gasteiger charge is -2.35. The zero-order valence-corrected chi connectivity index (χ0v) is 10.2. The second-order valence-electron chi connectivity index (χ2n) is 4.28. The Balaban J connectivity index is 2.36. The maximum atomic E-state index is 11.4. The Labute approximate surface area is 105 Å². The number of hydrogen-bond acceptors (Lipinski definition) is 5. The Morgan fingerprint density at radius 3 is 3.17 bits per heavy atom. The summed E-state index contributed by atoms with van der Waals surface area (Å²) >= 11 is 0. The first-order valence-corrected chi connectivity index (χ1v) is 5.88. The van der Waals surface area contributed by atoms with Crippen molar-refractivity contribution in [1.82, 2.24) is 4.98 Å². The van der Waals surface area contributed by atoms with Crippen LogP contribution >= 0.6 is 0 Å². The molecular weight excluding hydrogens is 234 g/mol. The number of primary amides is 1. The third-order valence-corrected chi connectivity index (χ3v) is 3.00. The van der Waals surface area contributed by atoms with Gasteiger partial charge in [0, 0.05) is 18.3 Å². The van der Waals surface area contributed by atoms with E-state index in [2.05, 4.69) is 4.98 Å². The van der Waals surface area contributed by atoms with Gasteiger partial charge in [0.25, 0.3) is 0 Å². The van der Waals surface area contributed by atoms with Crippen LogP contribution in [-0.2, 0) is 9.53 Å². The third-order valence-electron chi connectivity index (χ3n) is 3.00. The number of carbonyl (C=O) groups is 1. The molecule has 98 valence electrons. The van der Waals surface area contributed by atoms with Crippen molar-refractivity contribution in [3.8, 4) is 0 Å². The molecule has 0 aliphatic carbocycles. The van der Waals surface area contributed by atoms with Gasteiger partial charge in [-0.05, 0) is 13.0 Å². The first-order valence-electron chi connectivity index (χ1n) is 5.88. The fraction of sp³-hybridized carbons (Fsp3) is 0.500. The molecule has 1 unspecified atom stereocenters. The molecule has 0 radical (unpaired) electrons. The number of aliphatic hydroxyl groups is 1. The van der Waals surface area contributed by atoms with Gasteiger partial charge in [0.1, 0.15) is 11.9 Å². The van der Waals surface area contributed by atoms with Crippen LogP contribution in [0.15, 0.2) is 18.3 Å². The van der Waals surface area contributed by atoms with Crippen molar-refractivity contribution in [3.63, 3.8) is 0 Å². The van der Waals surface area contributed by atoms with Crippen LogP contribution in [0.1, 0.15) is 18.6 Å². The zero-order valence-electron chi connectivity index (χ0n) is 10.2. The van der Waals surface area contributed by atoms with Gasteiger partial charge in [-0.3, -0.25) is 4.79 Å². The summed E-state index contributed by atoms with van der Waals surface area (Å²) in [7, 11) is 0. The first kappa shape index (κ1) is 12.8. The second-order valence-corrected chi connectivity index (χ2v) is 4.28. The standard InChI is InChI=1S/C12H17N3O3/c1-8(16)9-3-2-4-14-12(9)15-5-6-18-7-10(15)11(13)17/h2-4,8,10,16H,5-7H2,1H3,(H2,13,17)/t8-,10?/m1/s1. The van der Waals surface area contributed by atoms with E-state index in [1.807, 2.05) is 0 Å². The molecule has 6 heteroatoms. The van der Waals surface area contributed by atoms with E-state index in [-0.39, 0.29) is 6.61 Å². The van der Waals surface area contributed by atoms with Crippen molar-refractivity contribution in [3.05, 3.63) is 23.9 Å².